The Kier molecular flexibility index (Phi) is 3.30. The standard InChI is InChI=1S/C18H17NO/c1-12(2)13-3-5-14(6-4-13)16-8-7-15(9-19)17-10-20-11-18(16)17/h3-8,12H,10-11H2,1-2H3. The summed E-state index contributed by atoms with van der Waals surface area (Å²) >= 11 is 0. The van der Waals surface area contributed by atoms with Crippen LogP contribution >= 0.6 is 0 Å². The molecule has 0 amide bonds. The molecule has 0 bridgehead atoms. The van der Waals surface area contributed by atoms with Crippen molar-refractivity contribution in [1.29, 1.82) is 5.26 Å². The fourth-order valence-corrected chi connectivity index (χ4v) is 2.70. The summed E-state index contributed by atoms with van der Waals surface area (Å²) < 4.78 is 5.53. The third-order valence-corrected chi connectivity index (χ3v) is 3.93. The highest BCUT2D eigenvalue weighted by Gasteiger charge is 2.19. The Morgan fingerprint density at radius 2 is 1.70 bits per heavy atom. The first kappa shape index (κ1) is 12.9. The number of nitrogens with zero attached hydrogens (tertiary/aromatic N) is 1. The van der Waals surface area contributed by atoms with Gasteiger partial charge in [0.1, 0.15) is 0 Å². The first-order valence-corrected chi connectivity index (χ1v) is 6.93. The average Bonchev–Trinajstić information content (AvgIpc) is 2.95. The van der Waals surface area contributed by atoms with Crippen LogP contribution in [0, 0.1) is 11.3 Å². The van der Waals surface area contributed by atoms with E-state index >= 15 is 0 Å². The van der Waals surface area contributed by atoms with Gasteiger partial charge in [-0.1, -0.05) is 44.2 Å². The van der Waals surface area contributed by atoms with Crippen LogP contribution < -0.4 is 0 Å². The summed E-state index contributed by atoms with van der Waals surface area (Å²) in [5.74, 6) is 0.541. The summed E-state index contributed by atoms with van der Waals surface area (Å²) in [7, 11) is 0. The van der Waals surface area contributed by atoms with Crippen molar-refractivity contribution in [1.82, 2.24) is 0 Å². The quantitative estimate of drug-likeness (QED) is 0.805. The van der Waals surface area contributed by atoms with Crippen LogP contribution in [0.5, 0.6) is 0 Å². The highest BCUT2D eigenvalue weighted by molar-refractivity contribution is 5.71. The first-order valence-electron chi connectivity index (χ1n) is 6.93. The third kappa shape index (κ3) is 2.11. The molecule has 0 saturated heterocycles. The van der Waals surface area contributed by atoms with E-state index in [-0.39, 0.29) is 0 Å². The Hall–Kier alpha value is -2.11. The number of hydrogen-bond donors (Lipinski definition) is 0. The van der Waals surface area contributed by atoms with Crippen molar-refractivity contribution < 1.29 is 4.74 Å². The average molecular weight is 263 g/mol. The van der Waals surface area contributed by atoms with Gasteiger partial charge in [0.2, 0.25) is 0 Å². The van der Waals surface area contributed by atoms with Crippen LogP contribution in [0.2, 0.25) is 0 Å². The summed E-state index contributed by atoms with van der Waals surface area (Å²) in [6.07, 6.45) is 0. The molecular weight excluding hydrogens is 246 g/mol. The molecule has 2 nitrogen and oxygen atoms in total. The number of benzene rings is 2. The van der Waals surface area contributed by atoms with Crippen molar-refractivity contribution in [2.75, 3.05) is 0 Å². The molecule has 0 aromatic heterocycles. The molecule has 0 aliphatic carbocycles. The molecule has 2 heteroatoms. The second-order valence-electron chi connectivity index (χ2n) is 5.50. The van der Waals surface area contributed by atoms with Crippen LogP contribution in [-0.4, -0.2) is 0 Å². The molecular formula is C18H17NO. The predicted octanol–water partition coefficient (Wildman–Crippen LogP) is 4.38. The molecule has 0 saturated carbocycles. The summed E-state index contributed by atoms with van der Waals surface area (Å²) in [6, 6.07) is 14.9. The Morgan fingerprint density at radius 3 is 2.35 bits per heavy atom. The van der Waals surface area contributed by atoms with Crippen LogP contribution in [0.15, 0.2) is 36.4 Å². The van der Waals surface area contributed by atoms with Crippen LogP contribution in [-0.2, 0) is 18.0 Å². The zero-order valence-electron chi connectivity index (χ0n) is 11.8. The van der Waals surface area contributed by atoms with Crippen molar-refractivity contribution in [3.63, 3.8) is 0 Å². The summed E-state index contributed by atoms with van der Waals surface area (Å²) in [5, 5.41) is 9.16. The molecule has 2 aromatic rings. The van der Waals surface area contributed by atoms with Gasteiger partial charge in [-0.2, -0.15) is 5.26 Å². The molecule has 0 N–H and O–H groups in total. The topological polar surface area (TPSA) is 33.0 Å². The zero-order valence-corrected chi connectivity index (χ0v) is 11.8. The second kappa shape index (κ2) is 5.11. The van der Waals surface area contributed by atoms with E-state index in [1.54, 1.807) is 0 Å². The van der Waals surface area contributed by atoms with Gasteiger partial charge in [-0.3, -0.25) is 0 Å². The van der Waals surface area contributed by atoms with Gasteiger partial charge in [0.05, 0.1) is 24.8 Å². The predicted molar refractivity (Wildman–Crippen MR) is 79.2 cm³/mol. The Bertz CT molecular complexity index is 678. The fraction of sp³-hybridized carbons (Fsp3) is 0.278. The normalized spacial score (nSPS) is 13.3. The molecule has 1 aliphatic rings. The molecule has 2 aromatic carbocycles. The maximum Gasteiger partial charge on any atom is 0.0995 e. The Labute approximate surface area is 119 Å². The minimum absolute atomic E-state index is 0.541. The molecule has 3 rings (SSSR count). The largest absolute Gasteiger partial charge is 0.372 e. The van der Waals surface area contributed by atoms with Crippen LogP contribution in [0.4, 0.5) is 0 Å². The number of rotatable bonds is 2. The van der Waals surface area contributed by atoms with Crippen molar-refractivity contribution in [3.05, 3.63) is 58.7 Å². The van der Waals surface area contributed by atoms with Crippen LogP contribution in [0.3, 0.4) is 0 Å². The molecule has 1 heterocycles. The van der Waals surface area contributed by atoms with Crippen LogP contribution in [0.25, 0.3) is 11.1 Å². The number of hydrogen-bond acceptors (Lipinski definition) is 2. The molecule has 0 atom stereocenters. The van der Waals surface area contributed by atoms with Gasteiger partial charge >= 0.3 is 0 Å². The van der Waals surface area contributed by atoms with E-state index in [0.29, 0.717) is 19.1 Å². The van der Waals surface area contributed by atoms with Gasteiger partial charge in [-0.15, -0.1) is 0 Å². The summed E-state index contributed by atoms with van der Waals surface area (Å²) in [5.41, 5.74) is 6.68. The van der Waals surface area contributed by atoms with E-state index in [1.165, 1.54) is 22.3 Å². The van der Waals surface area contributed by atoms with Crippen LogP contribution in [0.1, 0.15) is 42.0 Å². The van der Waals surface area contributed by atoms with Crippen molar-refractivity contribution in [2.24, 2.45) is 0 Å². The lowest BCUT2D eigenvalue weighted by Gasteiger charge is -2.11. The van der Waals surface area contributed by atoms with E-state index in [9.17, 15) is 0 Å². The maximum absolute atomic E-state index is 9.16. The molecule has 1 aliphatic heterocycles. The van der Waals surface area contributed by atoms with Crippen molar-refractivity contribution >= 4 is 0 Å². The number of ether oxygens (including phenoxy) is 1. The lowest BCUT2D eigenvalue weighted by Crippen LogP contribution is -1.93. The van der Waals surface area contributed by atoms with Crippen molar-refractivity contribution in [3.8, 4) is 17.2 Å². The number of fused-ring (bicyclic) bond motifs is 1. The molecule has 100 valence electrons. The zero-order chi connectivity index (χ0) is 14.1. The lowest BCUT2D eigenvalue weighted by molar-refractivity contribution is 0.134. The highest BCUT2D eigenvalue weighted by atomic mass is 16.5. The molecule has 0 spiro atoms. The van der Waals surface area contributed by atoms with E-state index in [4.69, 9.17) is 10.00 Å². The van der Waals surface area contributed by atoms with Gasteiger partial charge < -0.3 is 4.74 Å². The third-order valence-electron chi connectivity index (χ3n) is 3.93. The monoisotopic (exact) mass is 263 g/mol. The van der Waals surface area contributed by atoms with Crippen molar-refractivity contribution in [2.45, 2.75) is 33.0 Å². The minimum atomic E-state index is 0.541. The first-order chi connectivity index (χ1) is 9.70. The minimum Gasteiger partial charge on any atom is -0.372 e. The van der Waals surface area contributed by atoms with Gasteiger partial charge in [-0.25, -0.2) is 0 Å². The Morgan fingerprint density at radius 1 is 1.00 bits per heavy atom. The lowest BCUT2D eigenvalue weighted by atomic mass is 9.92. The number of nitriles is 1. The van der Waals surface area contributed by atoms with Gasteiger partial charge in [-0.05, 0) is 34.2 Å². The SMILES string of the molecule is CC(C)c1ccc(-c2ccc(C#N)c3c2COC3)cc1. The fourth-order valence-electron chi connectivity index (χ4n) is 2.70. The smallest absolute Gasteiger partial charge is 0.0995 e. The molecule has 0 fully saturated rings. The van der Waals surface area contributed by atoms with Gasteiger partial charge in [0, 0.05) is 5.56 Å². The maximum atomic E-state index is 9.16. The van der Waals surface area contributed by atoms with E-state index < -0.39 is 0 Å². The van der Waals surface area contributed by atoms with E-state index in [0.717, 1.165) is 11.1 Å². The van der Waals surface area contributed by atoms with E-state index in [2.05, 4.69) is 44.2 Å². The van der Waals surface area contributed by atoms with Gasteiger partial charge in [0.25, 0.3) is 0 Å². The summed E-state index contributed by atoms with van der Waals surface area (Å²) in [6.45, 7) is 5.55. The van der Waals surface area contributed by atoms with E-state index in [1.807, 2.05) is 12.1 Å². The Balaban J connectivity index is 2.07. The second-order valence-corrected chi connectivity index (χ2v) is 5.50. The highest BCUT2D eigenvalue weighted by Crippen LogP contribution is 2.33. The summed E-state index contributed by atoms with van der Waals surface area (Å²) in [4.78, 5) is 0. The van der Waals surface area contributed by atoms with Gasteiger partial charge in [0.15, 0.2) is 0 Å². The molecule has 0 unspecified atom stereocenters. The molecule has 0 radical (unpaired) electrons. The molecule has 20 heavy (non-hydrogen) atoms.